The summed E-state index contributed by atoms with van der Waals surface area (Å²) in [6.07, 6.45) is 1.15. The van der Waals surface area contributed by atoms with Gasteiger partial charge in [-0.2, -0.15) is 0 Å². The molecule has 0 saturated heterocycles. The zero-order chi connectivity index (χ0) is 18.3. The van der Waals surface area contributed by atoms with Crippen LogP contribution in [0, 0.1) is 0 Å². The molecule has 8 heteroatoms. The molecule has 0 saturated carbocycles. The second kappa shape index (κ2) is 10.3. The van der Waals surface area contributed by atoms with E-state index in [1.54, 1.807) is 12.1 Å². The summed E-state index contributed by atoms with van der Waals surface area (Å²) >= 11 is 0. The van der Waals surface area contributed by atoms with E-state index in [4.69, 9.17) is 5.73 Å². The van der Waals surface area contributed by atoms with E-state index in [0.29, 0.717) is 25.1 Å². The maximum atomic E-state index is 12.2. The minimum absolute atomic E-state index is 0. The van der Waals surface area contributed by atoms with Crippen LogP contribution in [0.25, 0.3) is 0 Å². The minimum atomic E-state index is -3.51. The van der Waals surface area contributed by atoms with Gasteiger partial charge in [0.2, 0.25) is 15.9 Å². The predicted molar refractivity (Wildman–Crippen MR) is 106 cm³/mol. The van der Waals surface area contributed by atoms with E-state index in [1.807, 2.05) is 37.3 Å². The van der Waals surface area contributed by atoms with Gasteiger partial charge in [0.05, 0.1) is 10.9 Å². The fourth-order valence-electron chi connectivity index (χ4n) is 2.23. The fourth-order valence-corrected chi connectivity index (χ4v) is 3.37. The van der Waals surface area contributed by atoms with Gasteiger partial charge in [0.15, 0.2) is 0 Å². The third-order valence-electron chi connectivity index (χ3n) is 3.61. The number of benzene rings is 2. The van der Waals surface area contributed by atoms with Crippen LogP contribution in [0.2, 0.25) is 0 Å². The SMILES string of the molecule is CCCNS(=O)(=O)c1ccc(NC(=O)[C@@H](N)Cc2ccccc2)cc1.Cl. The van der Waals surface area contributed by atoms with Crippen LogP contribution < -0.4 is 15.8 Å². The normalized spacial score (nSPS) is 12.1. The van der Waals surface area contributed by atoms with Crippen LogP contribution >= 0.6 is 12.4 Å². The molecule has 0 radical (unpaired) electrons. The van der Waals surface area contributed by atoms with Crippen molar-refractivity contribution in [3.63, 3.8) is 0 Å². The summed E-state index contributed by atoms with van der Waals surface area (Å²) in [6, 6.07) is 14.8. The molecule has 0 aromatic heterocycles. The lowest BCUT2D eigenvalue weighted by Gasteiger charge is -2.13. The third kappa shape index (κ3) is 6.42. The number of rotatable bonds is 8. The molecule has 0 unspecified atom stereocenters. The van der Waals surface area contributed by atoms with Crippen molar-refractivity contribution < 1.29 is 13.2 Å². The molecule has 0 aliphatic carbocycles. The molecule has 2 rings (SSSR count). The van der Waals surface area contributed by atoms with E-state index in [0.717, 1.165) is 5.56 Å². The van der Waals surface area contributed by atoms with Gasteiger partial charge in [-0.3, -0.25) is 4.79 Å². The highest BCUT2D eigenvalue weighted by molar-refractivity contribution is 7.89. The maximum absolute atomic E-state index is 12.2. The first-order valence-electron chi connectivity index (χ1n) is 8.12. The highest BCUT2D eigenvalue weighted by atomic mass is 35.5. The lowest BCUT2D eigenvalue weighted by Crippen LogP contribution is -2.37. The second-order valence-corrected chi connectivity index (χ2v) is 7.47. The highest BCUT2D eigenvalue weighted by Crippen LogP contribution is 2.14. The highest BCUT2D eigenvalue weighted by Gasteiger charge is 2.16. The van der Waals surface area contributed by atoms with Crippen molar-refractivity contribution in [2.24, 2.45) is 5.73 Å². The molecule has 6 nitrogen and oxygen atoms in total. The summed E-state index contributed by atoms with van der Waals surface area (Å²) < 4.78 is 26.5. The van der Waals surface area contributed by atoms with Crippen LogP contribution in [0.4, 0.5) is 5.69 Å². The molecular formula is C18H24ClN3O3S. The Morgan fingerprint density at radius 2 is 1.69 bits per heavy atom. The summed E-state index contributed by atoms with van der Waals surface area (Å²) in [5.41, 5.74) is 7.42. The number of carbonyl (C=O) groups is 1. The summed E-state index contributed by atoms with van der Waals surface area (Å²) in [4.78, 5) is 12.3. The van der Waals surface area contributed by atoms with Crippen molar-refractivity contribution in [3.05, 3.63) is 60.2 Å². The minimum Gasteiger partial charge on any atom is -0.325 e. The zero-order valence-corrected chi connectivity index (χ0v) is 16.1. The molecular weight excluding hydrogens is 374 g/mol. The van der Waals surface area contributed by atoms with Gasteiger partial charge < -0.3 is 11.1 Å². The van der Waals surface area contributed by atoms with Gasteiger partial charge in [-0.1, -0.05) is 37.3 Å². The standard InChI is InChI=1S/C18H23N3O3S.ClH/c1-2-12-20-25(23,24)16-10-8-15(9-11-16)21-18(22)17(19)13-14-6-4-3-5-7-14;/h3-11,17,20H,2,12-13,19H2,1H3,(H,21,22);1H/t17-;/m0./s1. The van der Waals surface area contributed by atoms with E-state index >= 15 is 0 Å². The van der Waals surface area contributed by atoms with Crippen molar-refractivity contribution in [1.29, 1.82) is 0 Å². The molecule has 0 aliphatic heterocycles. The molecule has 0 spiro atoms. The second-order valence-electron chi connectivity index (χ2n) is 5.71. The Morgan fingerprint density at radius 3 is 2.27 bits per heavy atom. The van der Waals surface area contributed by atoms with Crippen LogP contribution in [0.5, 0.6) is 0 Å². The average Bonchev–Trinajstić information content (AvgIpc) is 2.61. The van der Waals surface area contributed by atoms with Gasteiger partial charge in [0.1, 0.15) is 0 Å². The Balaban J connectivity index is 0.00000338. The number of sulfonamides is 1. The number of halogens is 1. The van der Waals surface area contributed by atoms with Crippen molar-refractivity contribution in [3.8, 4) is 0 Å². The molecule has 0 aliphatic rings. The smallest absolute Gasteiger partial charge is 0.241 e. The van der Waals surface area contributed by atoms with Gasteiger partial charge >= 0.3 is 0 Å². The number of anilines is 1. The molecule has 0 fully saturated rings. The van der Waals surface area contributed by atoms with Gasteiger partial charge in [-0.25, -0.2) is 13.1 Å². The van der Waals surface area contributed by atoms with E-state index in [1.165, 1.54) is 12.1 Å². The lowest BCUT2D eigenvalue weighted by atomic mass is 10.1. The van der Waals surface area contributed by atoms with Crippen LogP contribution in [0.3, 0.4) is 0 Å². The number of hydrogen-bond donors (Lipinski definition) is 3. The van der Waals surface area contributed by atoms with Crippen LogP contribution in [-0.4, -0.2) is 26.9 Å². The molecule has 1 amide bonds. The van der Waals surface area contributed by atoms with Crippen LogP contribution in [0.1, 0.15) is 18.9 Å². The van der Waals surface area contributed by atoms with E-state index < -0.39 is 16.1 Å². The quantitative estimate of drug-likeness (QED) is 0.636. The Morgan fingerprint density at radius 1 is 1.08 bits per heavy atom. The summed E-state index contributed by atoms with van der Waals surface area (Å²) in [5, 5.41) is 2.70. The molecule has 0 heterocycles. The van der Waals surface area contributed by atoms with E-state index in [2.05, 4.69) is 10.0 Å². The van der Waals surface area contributed by atoms with Gasteiger partial charge in [-0.05, 0) is 42.7 Å². The first kappa shape index (κ1) is 22.1. The number of nitrogens with one attached hydrogen (secondary N) is 2. The Hall–Kier alpha value is -1.93. The van der Waals surface area contributed by atoms with Crippen LogP contribution in [-0.2, 0) is 21.2 Å². The van der Waals surface area contributed by atoms with Crippen molar-refractivity contribution in [2.45, 2.75) is 30.7 Å². The Kier molecular flexibility index (Phi) is 8.74. The van der Waals surface area contributed by atoms with Gasteiger partial charge in [0.25, 0.3) is 0 Å². The maximum Gasteiger partial charge on any atom is 0.241 e. The number of amides is 1. The Labute approximate surface area is 160 Å². The van der Waals surface area contributed by atoms with Gasteiger partial charge in [0, 0.05) is 12.2 Å². The number of hydrogen-bond acceptors (Lipinski definition) is 4. The Bertz CT molecular complexity index is 796. The number of nitrogens with two attached hydrogens (primary N) is 1. The van der Waals surface area contributed by atoms with Crippen molar-refractivity contribution in [2.75, 3.05) is 11.9 Å². The lowest BCUT2D eigenvalue weighted by molar-refractivity contribution is -0.117. The average molecular weight is 398 g/mol. The zero-order valence-electron chi connectivity index (χ0n) is 14.5. The molecule has 142 valence electrons. The first-order chi connectivity index (χ1) is 11.9. The molecule has 26 heavy (non-hydrogen) atoms. The number of carbonyl (C=O) groups excluding carboxylic acids is 1. The topological polar surface area (TPSA) is 101 Å². The molecule has 2 aromatic carbocycles. The van der Waals surface area contributed by atoms with E-state index in [9.17, 15) is 13.2 Å². The van der Waals surface area contributed by atoms with Crippen molar-refractivity contribution in [1.82, 2.24) is 4.72 Å². The largest absolute Gasteiger partial charge is 0.325 e. The van der Waals surface area contributed by atoms with E-state index in [-0.39, 0.29) is 23.2 Å². The summed E-state index contributed by atoms with van der Waals surface area (Å²) in [7, 11) is -3.51. The monoisotopic (exact) mass is 397 g/mol. The molecule has 0 bridgehead atoms. The fraction of sp³-hybridized carbons (Fsp3) is 0.278. The van der Waals surface area contributed by atoms with Crippen LogP contribution in [0.15, 0.2) is 59.5 Å². The molecule has 1 atom stereocenters. The molecule has 2 aromatic rings. The first-order valence-corrected chi connectivity index (χ1v) is 9.61. The van der Waals surface area contributed by atoms with Crippen molar-refractivity contribution >= 4 is 34.0 Å². The van der Waals surface area contributed by atoms with Gasteiger partial charge in [-0.15, -0.1) is 12.4 Å². The summed E-state index contributed by atoms with van der Waals surface area (Å²) in [6.45, 7) is 2.27. The summed E-state index contributed by atoms with van der Waals surface area (Å²) in [5.74, 6) is -0.316. The third-order valence-corrected chi connectivity index (χ3v) is 5.09. The molecule has 4 N–H and O–H groups in total. The predicted octanol–water partition coefficient (Wildman–Crippen LogP) is 2.31.